The van der Waals surface area contributed by atoms with Gasteiger partial charge >= 0.3 is 0 Å². The lowest BCUT2D eigenvalue weighted by Gasteiger charge is -2.11. The van der Waals surface area contributed by atoms with Gasteiger partial charge in [-0.2, -0.15) is 0 Å². The molecule has 1 aromatic carbocycles. The van der Waals surface area contributed by atoms with Crippen molar-refractivity contribution in [3.8, 4) is 16.5 Å². The number of benzene rings is 1. The van der Waals surface area contributed by atoms with Crippen molar-refractivity contribution in [1.82, 2.24) is 9.55 Å². The molecule has 4 aromatic rings. The molecule has 0 saturated heterocycles. The highest BCUT2D eigenvalue weighted by Gasteiger charge is 2.20. The Balaban J connectivity index is 1.84. The highest BCUT2D eigenvalue weighted by molar-refractivity contribution is 7.22. The number of ether oxygens (including phenoxy) is 1. The third-order valence-electron chi connectivity index (χ3n) is 5.10. The molecule has 0 aliphatic carbocycles. The van der Waals surface area contributed by atoms with Gasteiger partial charge in [-0.3, -0.25) is 9.59 Å². The first kappa shape index (κ1) is 20.1. The Morgan fingerprint density at radius 2 is 2.00 bits per heavy atom. The summed E-state index contributed by atoms with van der Waals surface area (Å²) in [6.45, 7) is 3.45. The predicted octanol–water partition coefficient (Wildman–Crippen LogP) is 4.41. The maximum Gasteiger partial charge on any atom is 0.259 e. The molecule has 0 atom stereocenters. The maximum atomic E-state index is 13.1. The van der Waals surface area contributed by atoms with Crippen molar-refractivity contribution < 1.29 is 13.9 Å². The molecule has 0 bridgehead atoms. The zero-order valence-electron chi connectivity index (χ0n) is 17.1. The number of Topliss-reactive ketones (excluding diaryl/α,β-unsaturated/α-hetero) is 1. The third-order valence-corrected chi connectivity index (χ3v) is 6.46. The number of thiophene rings is 1. The van der Waals surface area contributed by atoms with Crippen LogP contribution in [-0.2, 0) is 24.2 Å². The predicted molar refractivity (Wildman–Crippen MR) is 117 cm³/mol. The van der Waals surface area contributed by atoms with E-state index in [0.717, 1.165) is 38.4 Å². The van der Waals surface area contributed by atoms with Crippen LogP contribution in [0.2, 0.25) is 0 Å². The molecule has 0 saturated carbocycles. The summed E-state index contributed by atoms with van der Waals surface area (Å²) in [5, 5.41) is 0.631. The number of oxazole rings is 1. The second-order valence-corrected chi connectivity index (χ2v) is 8.22. The van der Waals surface area contributed by atoms with Gasteiger partial charge in [0.25, 0.3) is 5.56 Å². The first-order valence-corrected chi connectivity index (χ1v) is 10.5. The van der Waals surface area contributed by atoms with E-state index in [4.69, 9.17) is 9.15 Å². The minimum absolute atomic E-state index is 0.0556. The number of carbonyl (C=O) groups excluding carboxylic acids is 1. The summed E-state index contributed by atoms with van der Waals surface area (Å²) < 4.78 is 13.4. The number of hydrogen-bond donors (Lipinski definition) is 0. The van der Waals surface area contributed by atoms with Gasteiger partial charge in [-0.1, -0.05) is 18.2 Å². The number of nitrogens with zero attached hydrogens (tertiary/aromatic N) is 2. The van der Waals surface area contributed by atoms with Crippen molar-refractivity contribution in [2.24, 2.45) is 0 Å². The SMILES string of the molecule is COc1ccccc1CCc1cn(CC(C)=O)c(=O)c2c(C)c(-c3ncco3)sc12. The minimum Gasteiger partial charge on any atom is -0.496 e. The number of pyridine rings is 1. The molecule has 3 aromatic heterocycles. The number of para-hydroxylation sites is 1. The largest absolute Gasteiger partial charge is 0.496 e. The van der Waals surface area contributed by atoms with Crippen LogP contribution in [0.3, 0.4) is 0 Å². The van der Waals surface area contributed by atoms with E-state index in [1.54, 1.807) is 13.3 Å². The van der Waals surface area contributed by atoms with Gasteiger partial charge in [-0.15, -0.1) is 11.3 Å². The van der Waals surface area contributed by atoms with Crippen LogP contribution in [0.25, 0.3) is 20.9 Å². The van der Waals surface area contributed by atoms with Crippen LogP contribution < -0.4 is 10.3 Å². The Hall–Kier alpha value is -3.19. The number of aryl methyl sites for hydroxylation is 3. The standard InChI is InChI=1S/C23H22N2O4S/c1-14(26)12-25-13-17(9-8-16-6-4-5-7-18(16)28-3)21-19(23(25)27)15(2)20(30-21)22-24-10-11-29-22/h4-7,10-11,13H,8-9,12H2,1-3H3. The quantitative estimate of drug-likeness (QED) is 0.441. The van der Waals surface area contributed by atoms with E-state index in [0.29, 0.717) is 17.7 Å². The Morgan fingerprint density at radius 1 is 1.23 bits per heavy atom. The first-order valence-electron chi connectivity index (χ1n) is 9.66. The fourth-order valence-corrected chi connectivity index (χ4v) is 4.98. The van der Waals surface area contributed by atoms with Crippen molar-refractivity contribution >= 4 is 27.2 Å². The molecule has 0 radical (unpaired) electrons. The van der Waals surface area contributed by atoms with Gasteiger partial charge in [0.15, 0.2) is 0 Å². The maximum absolute atomic E-state index is 13.1. The van der Waals surface area contributed by atoms with Gasteiger partial charge in [0.2, 0.25) is 5.89 Å². The summed E-state index contributed by atoms with van der Waals surface area (Å²) in [6, 6.07) is 7.91. The fraction of sp³-hybridized carbons (Fsp3) is 0.261. The van der Waals surface area contributed by atoms with Crippen molar-refractivity contribution in [3.63, 3.8) is 0 Å². The summed E-state index contributed by atoms with van der Waals surface area (Å²) in [6.07, 6.45) is 6.39. The molecule has 154 valence electrons. The van der Waals surface area contributed by atoms with Crippen LogP contribution in [0.4, 0.5) is 0 Å². The van der Waals surface area contributed by atoms with Crippen molar-refractivity contribution in [1.29, 1.82) is 0 Å². The molecule has 0 N–H and O–H groups in total. The number of aromatic nitrogens is 2. The van der Waals surface area contributed by atoms with Crippen LogP contribution in [0, 0.1) is 6.92 Å². The van der Waals surface area contributed by atoms with Gasteiger partial charge in [-0.25, -0.2) is 4.98 Å². The summed E-state index contributed by atoms with van der Waals surface area (Å²) in [7, 11) is 1.66. The molecule has 0 fully saturated rings. The second kappa shape index (κ2) is 8.28. The average Bonchev–Trinajstić information content (AvgIpc) is 3.37. The lowest BCUT2D eigenvalue weighted by Crippen LogP contribution is -2.23. The van der Waals surface area contributed by atoms with E-state index in [1.165, 1.54) is 29.1 Å². The highest BCUT2D eigenvalue weighted by atomic mass is 32.1. The van der Waals surface area contributed by atoms with Crippen molar-refractivity contribution in [2.75, 3.05) is 7.11 Å². The molecule has 6 nitrogen and oxygen atoms in total. The summed E-state index contributed by atoms with van der Waals surface area (Å²) >= 11 is 1.51. The normalized spacial score (nSPS) is 11.2. The Kier molecular flexibility index (Phi) is 5.55. The Labute approximate surface area is 177 Å². The van der Waals surface area contributed by atoms with Crippen LogP contribution in [0.5, 0.6) is 5.75 Å². The van der Waals surface area contributed by atoms with E-state index in [-0.39, 0.29) is 17.9 Å². The van der Waals surface area contributed by atoms with E-state index >= 15 is 0 Å². The first-order chi connectivity index (χ1) is 14.5. The van der Waals surface area contributed by atoms with Gasteiger partial charge < -0.3 is 13.7 Å². The number of methoxy groups -OCH3 is 1. The van der Waals surface area contributed by atoms with E-state index in [2.05, 4.69) is 4.98 Å². The van der Waals surface area contributed by atoms with Gasteiger partial charge in [0.05, 0.1) is 30.1 Å². The van der Waals surface area contributed by atoms with E-state index in [9.17, 15) is 9.59 Å². The van der Waals surface area contributed by atoms with Crippen LogP contribution in [-0.4, -0.2) is 22.4 Å². The molecule has 7 heteroatoms. The average molecular weight is 423 g/mol. The van der Waals surface area contributed by atoms with Crippen molar-refractivity contribution in [2.45, 2.75) is 33.2 Å². The van der Waals surface area contributed by atoms with E-state index in [1.807, 2.05) is 37.4 Å². The molecule has 0 aliphatic heterocycles. The highest BCUT2D eigenvalue weighted by Crippen LogP contribution is 2.38. The molecule has 0 amide bonds. The van der Waals surface area contributed by atoms with Gasteiger partial charge in [0.1, 0.15) is 17.8 Å². The molecular formula is C23H22N2O4S. The van der Waals surface area contributed by atoms with Crippen LogP contribution in [0.1, 0.15) is 23.6 Å². The third kappa shape index (κ3) is 3.68. The zero-order chi connectivity index (χ0) is 21.3. The van der Waals surface area contributed by atoms with Crippen LogP contribution in [0.15, 0.2) is 52.1 Å². The lowest BCUT2D eigenvalue weighted by atomic mass is 10.0. The molecule has 4 rings (SSSR count). The molecule has 0 aliphatic rings. The summed E-state index contributed by atoms with van der Waals surface area (Å²) in [5.41, 5.74) is 2.79. The minimum atomic E-state index is -0.159. The Morgan fingerprint density at radius 3 is 2.70 bits per heavy atom. The second-order valence-electron chi connectivity index (χ2n) is 7.20. The Bertz CT molecular complexity index is 1270. The number of ketones is 1. The van der Waals surface area contributed by atoms with E-state index < -0.39 is 0 Å². The number of carbonyl (C=O) groups is 1. The number of rotatable bonds is 7. The molecular weight excluding hydrogens is 400 g/mol. The van der Waals surface area contributed by atoms with Crippen molar-refractivity contribution in [3.05, 3.63) is 70.0 Å². The monoisotopic (exact) mass is 422 g/mol. The molecule has 0 unspecified atom stereocenters. The molecule has 3 heterocycles. The van der Waals surface area contributed by atoms with Crippen LogP contribution >= 0.6 is 11.3 Å². The molecule has 30 heavy (non-hydrogen) atoms. The summed E-state index contributed by atoms with van der Waals surface area (Å²) in [4.78, 5) is 30.0. The summed E-state index contributed by atoms with van der Waals surface area (Å²) in [5.74, 6) is 1.28. The fourth-order valence-electron chi connectivity index (χ4n) is 3.70. The van der Waals surface area contributed by atoms with Gasteiger partial charge in [0, 0.05) is 10.9 Å². The number of fused-ring (bicyclic) bond motifs is 1. The van der Waals surface area contributed by atoms with Gasteiger partial charge in [-0.05, 0) is 49.4 Å². The molecule has 0 spiro atoms. The zero-order valence-corrected chi connectivity index (χ0v) is 17.9. The topological polar surface area (TPSA) is 74.3 Å². The smallest absolute Gasteiger partial charge is 0.259 e. The number of hydrogen-bond acceptors (Lipinski definition) is 6. The lowest BCUT2D eigenvalue weighted by molar-refractivity contribution is -0.117.